The van der Waals surface area contributed by atoms with Crippen molar-refractivity contribution in [2.75, 3.05) is 36.4 Å². The monoisotopic (exact) mass is 307 g/mol. The maximum absolute atomic E-state index is 12.1. The second-order valence-electron chi connectivity index (χ2n) is 6.26. The van der Waals surface area contributed by atoms with E-state index in [4.69, 9.17) is 5.73 Å². The van der Waals surface area contributed by atoms with E-state index in [0.717, 1.165) is 36.6 Å². The third-order valence-electron chi connectivity index (χ3n) is 3.70. The molecule has 2 rings (SSSR count). The summed E-state index contributed by atoms with van der Waals surface area (Å²) in [5, 5.41) is 2.96. The minimum atomic E-state index is 0.0553. The minimum absolute atomic E-state index is 0.0553. The molecular formula is C16H25N3OS. The molecule has 0 aliphatic carbocycles. The van der Waals surface area contributed by atoms with Gasteiger partial charge in [0.15, 0.2) is 0 Å². The number of carbonyl (C=O) groups is 1. The molecule has 1 aliphatic heterocycles. The van der Waals surface area contributed by atoms with Crippen LogP contribution in [0.1, 0.15) is 25.8 Å². The number of nitrogens with one attached hydrogen (secondary N) is 1. The average Bonchev–Trinajstić information content (AvgIpc) is 2.40. The van der Waals surface area contributed by atoms with E-state index in [1.54, 1.807) is 0 Å². The lowest BCUT2D eigenvalue weighted by Crippen LogP contribution is -2.44. The van der Waals surface area contributed by atoms with Gasteiger partial charge in [-0.15, -0.1) is 0 Å². The number of anilines is 2. The van der Waals surface area contributed by atoms with Crippen LogP contribution in [0.25, 0.3) is 0 Å². The highest BCUT2D eigenvalue weighted by Gasteiger charge is 2.26. The molecule has 5 heteroatoms. The van der Waals surface area contributed by atoms with Gasteiger partial charge in [-0.3, -0.25) is 4.79 Å². The summed E-state index contributed by atoms with van der Waals surface area (Å²) >= 11 is 2.01. The Bertz CT molecular complexity index is 516. The fourth-order valence-corrected chi connectivity index (χ4v) is 3.73. The molecule has 4 nitrogen and oxygen atoms in total. The number of thioether (sulfide) groups is 1. The summed E-state index contributed by atoms with van der Waals surface area (Å²) in [7, 11) is 0. The Labute approximate surface area is 131 Å². The Morgan fingerprint density at radius 3 is 2.95 bits per heavy atom. The van der Waals surface area contributed by atoms with Gasteiger partial charge in [0.05, 0.1) is 0 Å². The predicted octanol–water partition coefficient (Wildman–Crippen LogP) is 2.73. The second-order valence-corrected chi connectivity index (χ2v) is 8.06. The number of rotatable bonds is 4. The number of benzene rings is 1. The van der Waals surface area contributed by atoms with E-state index < -0.39 is 0 Å². The van der Waals surface area contributed by atoms with Crippen LogP contribution < -0.4 is 11.1 Å². The van der Waals surface area contributed by atoms with Crippen LogP contribution >= 0.6 is 11.8 Å². The summed E-state index contributed by atoms with van der Waals surface area (Å²) < 4.78 is 0.291. The zero-order valence-corrected chi connectivity index (χ0v) is 13.9. The first-order valence-corrected chi connectivity index (χ1v) is 8.37. The SMILES string of the molecule is Cc1ccc(N)cc1NC(=O)CCN1CCSC(C)(C)C1. The van der Waals surface area contributed by atoms with Gasteiger partial charge >= 0.3 is 0 Å². The van der Waals surface area contributed by atoms with E-state index in [1.165, 1.54) is 0 Å². The van der Waals surface area contributed by atoms with Crippen molar-refractivity contribution in [3.8, 4) is 0 Å². The van der Waals surface area contributed by atoms with Gasteiger partial charge in [0, 0.05) is 47.9 Å². The fourth-order valence-electron chi connectivity index (χ4n) is 2.55. The van der Waals surface area contributed by atoms with Gasteiger partial charge in [-0.05, 0) is 38.5 Å². The summed E-state index contributed by atoms with van der Waals surface area (Å²) in [5.74, 6) is 1.20. The summed E-state index contributed by atoms with van der Waals surface area (Å²) in [6, 6.07) is 5.58. The molecule has 0 radical (unpaired) electrons. The van der Waals surface area contributed by atoms with Crippen molar-refractivity contribution in [3.63, 3.8) is 0 Å². The van der Waals surface area contributed by atoms with Crippen molar-refractivity contribution >= 4 is 29.0 Å². The van der Waals surface area contributed by atoms with Crippen LogP contribution in [0.2, 0.25) is 0 Å². The first-order valence-electron chi connectivity index (χ1n) is 7.38. The maximum Gasteiger partial charge on any atom is 0.225 e. The molecule has 0 unspecified atom stereocenters. The Kier molecular flexibility index (Phi) is 5.17. The van der Waals surface area contributed by atoms with Crippen molar-refractivity contribution in [2.24, 2.45) is 0 Å². The summed E-state index contributed by atoms with van der Waals surface area (Å²) in [6.07, 6.45) is 0.523. The van der Waals surface area contributed by atoms with E-state index in [0.29, 0.717) is 16.9 Å². The number of hydrogen-bond acceptors (Lipinski definition) is 4. The number of hydrogen-bond donors (Lipinski definition) is 2. The zero-order chi connectivity index (χ0) is 15.5. The molecule has 1 aromatic rings. The van der Waals surface area contributed by atoms with Crippen LogP contribution in [0.5, 0.6) is 0 Å². The Morgan fingerprint density at radius 2 is 2.24 bits per heavy atom. The summed E-state index contributed by atoms with van der Waals surface area (Å²) in [4.78, 5) is 14.5. The summed E-state index contributed by atoms with van der Waals surface area (Å²) in [6.45, 7) is 9.43. The van der Waals surface area contributed by atoms with Gasteiger partial charge in [0.2, 0.25) is 5.91 Å². The van der Waals surface area contributed by atoms with Crippen molar-refractivity contribution < 1.29 is 4.79 Å². The molecule has 0 atom stereocenters. The molecule has 1 amide bonds. The van der Waals surface area contributed by atoms with E-state index >= 15 is 0 Å². The first-order chi connectivity index (χ1) is 9.85. The number of nitrogens with zero attached hydrogens (tertiary/aromatic N) is 1. The zero-order valence-electron chi connectivity index (χ0n) is 13.1. The van der Waals surface area contributed by atoms with E-state index in [2.05, 4.69) is 24.1 Å². The van der Waals surface area contributed by atoms with Crippen molar-refractivity contribution in [3.05, 3.63) is 23.8 Å². The van der Waals surface area contributed by atoms with Gasteiger partial charge in [-0.2, -0.15) is 11.8 Å². The Balaban J connectivity index is 1.83. The third-order valence-corrected chi connectivity index (χ3v) is 4.99. The van der Waals surface area contributed by atoms with Crippen molar-refractivity contribution in [2.45, 2.75) is 31.9 Å². The Morgan fingerprint density at radius 1 is 1.48 bits per heavy atom. The van der Waals surface area contributed by atoms with Gasteiger partial charge in [0.1, 0.15) is 0 Å². The van der Waals surface area contributed by atoms with E-state index in [-0.39, 0.29) is 5.91 Å². The standard InChI is InChI=1S/C16H25N3OS/c1-12-4-5-13(17)10-14(12)18-15(20)6-7-19-8-9-21-16(2,3)11-19/h4-5,10H,6-9,11,17H2,1-3H3,(H,18,20). The lowest BCUT2D eigenvalue weighted by atomic mass is 10.1. The van der Waals surface area contributed by atoms with Gasteiger partial charge < -0.3 is 16.0 Å². The van der Waals surface area contributed by atoms with Gasteiger partial charge in [0.25, 0.3) is 0 Å². The van der Waals surface area contributed by atoms with Crippen LogP contribution in [-0.2, 0) is 4.79 Å². The largest absolute Gasteiger partial charge is 0.399 e. The van der Waals surface area contributed by atoms with Gasteiger partial charge in [-0.1, -0.05) is 6.07 Å². The normalized spacial score (nSPS) is 18.4. The molecule has 1 heterocycles. The molecule has 1 fully saturated rings. The molecule has 0 saturated carbocycles. The van der Waals surface area contributed by atoms with Gasteiger partial charge in [-0.25, -0.2) is 0 Å². The minimum Gasteiger partial charge on any atom is -0.399 e. The fraction of sp³-hybridized carbons (Fsp3) is 0.562. The molecule has 0 spiro atoms. The molecule has 1 aliphatic rings. The number of aryl methyl sites for hydroxylation is 1. The lowest BCUT2D eigenvalue weighted by Gasteiger charge is -2.37. The highest BCUT2D eigenvalue weighted by Crippen LogP contribution is 2.29. The molecule has 116 valence electrons. The maximum atomic E-state index is 12.1. The number of nitrogen functional groups attached to an aromatic ring is 1. The highest BCUT2D eigenvalue weighted by atomic mass is 32.2. The summed E-state index contributed by atoms with van der Waals surface area (Å²) in [5.41, 5.74) is 8.28. The molecule has 0 bridgehead atoms. The third kappa shape index (κ3) is 4.93. The molecule has 3 N–H and O–H groups in total. The average molecular weight is 307 g/mol. The molecule has 1 saturated heterocycles. The Hall–Kier alpha value is -1.20. The lowest BCUT2D eigenvalue weighted by molar-refractivity contribution is -0.116. The molecule has 0 aromatic heterocycles. The second kappa shape index (κ2) is 6.71. The first kappa shape index (κ1) is 16.2. The van der Waals surface area contributed by atoms with Crippen LogP contribution in [0, 0.1) is 6.92 Å². The van der Waals surface area contributed by atoms with Crippen molar-refractivity contribution in [1.29, 1.82) is 0 Å². The van der Waals surface area contributed by atoms with Crippen LogP contribution in [0.4, 0.5) is 11.4 Å². The van der Waals surface area contributed by atoms with Crippen molar-refractivity contribution in [1.82, 2.24) is 4.90 Å². The number of nitrogens with two attached hydrogens (primary N) is 1. The van der Waals surface area contributed by atoms with Crippen LogP contribution in [0.15, 0.2) is 18.2 Å². The molecule has 1 aromatic carbocycles. The highest BCUT2D eigenvalue weighted by molar-refractivity contribution is 8.00. The smallest absolute Gasteiger partial charge is 0.225 e. The van der Waals surface area contributed by atoms with E-state index in [1.807, 2.05) is 36.9 Å². The number of carbonyl (C=O) groups excluding carboxylic acids is 1. The van der Waals surface area contributed by atoms with Crippen LogP contribution in [0.3, 0.4) is 0 Å². The van der Waals surface area contributed by atoms with E-state index in [9.17, 15) is 4.79 Å². The predicted molar refractivity (Wildman–Crippen MR) is 91.8 cm³/mol. The molecule has 21 heavy (non-hydrogen) atoms. The number of amides is 1. The molecular weight excluding hydrogens is 282 g/mol. The quantitative estimate of drug-likeness (QED) is 0.840. The topological polar surface area (TPSA) is 58.4 Å². The van der Waals surface area contributed by atoms with Crippen LogP contribution in [-0.4, -0.2) is 40.9 Å².